The Hall–Kier alpha value is -1.52. The van der Waals surface area contributed by atoms with Crippen molar-refractivity contribution in [3.8, 4) is 11.5 Å². The Bertz CT molecular complexity index is 575. The molecule has 112 valence electrons. The summed E-state index contributed by atoms with van der Waals surface area (Å²) in [4.78, 5) is 1.22. The quantitative estimate of drug-likeness (QED) is 0.838. The molecule has 1 aromatic carbocycles. The first-order chi connectivity index (χ1) is 10.3. The van der Waals surface area contributed by atoms with E-state index < -0.39 is 0 Å². The van der Waals surface area contributed by atoms with Gasteiger partial charge in [-0.05, 0) is 48.5 Å². The van der Waals surface area contributed by atoms with Crippen molar-refractivity contribution in [3.05, 3.63) is 46.2 Å². The third kappa shape index (κ3) is 3.39. The lowest BCUT2D eigenvalue weighted by molar-refractivity contribution is 0.303. The van der Waals surface area contributed by atoms with Crippen LogP contribution < -0.4 is 14.8 Å². The Morgan fingerprint density at radius 1 is 1.24 bits per heavy atom. The van der Waals surface area contributed by atoms with Crippen molar-refractivity contribution in [2.24, 2.45) is 0 Å². The lowest BCUT2D eigenvalue weighted by atomic mass is 10.0. The fourth-order valence-corrected chi connectivity index (χ4v) is 3.33. The van der Waals surface area contributed by atoms with Crippen LogP contribution in [0.15, 0.2) is 35.7 Å². The van der Waals surface area contributed by atoms with Crippen LogP contribution in [0.2, 0.25) is 0 Å². The van der Waals surface area contributed by atoms with E-state index in [1.54, 1.807) is 18.4 Å². The summed E-state index contributed by atoms with van der Waals surface area (Å²) in [6.07, 6.45) is 2.82. The van der Waals surface area contributed by atoms with Crippen LogP contribution in [0.25, 0.3) is 0 Å². The summed E-state index contributed by atoms with van der Waals surface area (Å²) in [7, 11) is 1.72. The molecule has 1 heterocycles. The molecule has 21 heavy (non-hydrogen) atoms. The largest absolute Gasteiger partial charge is 0.496 e. The fraction of sp³-hybridized carbons (Fsp3) is 0.412. The number of hydrogen-bond donors (Lipinski definition) is 1. The van der Waals surface area contributed by atoms with E-state index >= 15 is 0 Å². The molecule has 2 aromatic rings. The van der Waals surface area contributed by atoms with Gasteiger partial charge in [0.15, 0.2) is 0 Å². The van der Waals surface area contributed by atoms with E-state index in [2.05, 4.69) is 41.9 Å². The van der Waals surface area contributed by atoms with Gasteiger partial charge in [0.2, 0.25) is 0 Å². The zero-order valence-electron chi connectivity index (χ0n) is 12.5. The number of thiophene rings is 1. The molecular weight excluding hydrogens is 282 g/mol. The van der Waals surface area contributed by atoms with Gasteiger partial charge in [0.25, 0.3) is 0 Å². The lowest BCUT2D eigenvalue weighted by Gasteiger charge is -2.19. The van der Waals surface area contributed by atoms with Gasteiger partial charge in [-0.15, -0.1) is 11.3 Å². The standard InChI is InChI=1S/C17H21NO2S/c1-3-18-16(17-15(19-2)10-11-21-17)12-4-6-13(7-5-12)20-14-8-9-14/h4-7,10-11,14,16,18H,3,8-9H2,1-2H3. The normalized spacial score (nSPS) is 15.7. The van der Waals surface area contributed by atoms with Crippen molar-refractivity contribution in [3.63, 3.8) is 0 Å². The van der Waals surface area contributed by atoms with Crippen LogP contribution in [0, 0.1) is 0 Å². The highest BCUT2D eigenvalue weighted by molar-refractivity contribution is 7.10. The smallest absolute Gasteiger partial charge is 0.134 e. The number of rotatable bonds is 7. The van der Waals surface area contributed by atoms with Crippen molar-refractivity contribution in [2.45, 2.75) is 31.9 Å². The van der Waals surface area contributed by atoms with Crippen LogP contribution in [-0.2, 0) is 0 Å². The molecule has 0 saturated heterocycles. The number of methoxy groups -OCH3 is 1. The van der Waals surface area contributed by atoms with E-state index in [0.717, 1.165) is 18.0 Å². The second-order valence-corrected chi connectivity index (χ2v) is 6.18. The zero-order chi connectivity index (χ0) is 14.7. The van der Waals surface area contributed by atoms with Crippen LogP contribution >= 0.6 is 11.3 Å². The average Bonchev–Trinajstić information content (AvgIpc) is 3.20. The molecule has 3 rings (SSSR count). The Morgan fingerprint density at radius 2 is 2.00 bits per heavy atom. The zero-order valence-corrected chi connectivity index (χ0v) is 13.3. The summed E-state index contributed by atoms with van der Waals surface area (Å²) in [5.74, 6) is 1.92. The monoisotopic (exact) mass is 303 g/mol. The van der Waals surface area contributed by atoms with E-state index in [4.69, 9.17) is 9.47 Å². The van der Waals surface area contributed by atoms with Crippen LogP contribution in [-0.4, -0.2) is 19.8 Å². The summed E-state index contributed by atoms with van der Waals surface area (Å²) in [5, 5.41) is 5.61. The third-order valence-corrected chi connectivity index (χ3v) is 4.55. The summed E-state index contributed by atoms with van der Waals surface area (Å²) >= 11 is 1.72. The summed E-state index contributed by atoms with van der Waals surface area (Å²) in [6, 6.07) is 10.6. The van der Waals surface area contributed by atoms with Crippen LogP contribution in [0.1, 0.15) is 36.2 Å². The fourth-order valence-electron chi connectivity index (χ4n) is 2.37. The number of nitrogens with one attached hydrogen (secondary N) is 1. The SMILES string of the molecule is CCNC(c1ccc(OC2CC2)cc1)c1sccc1OC. The van der Waals surface area contributed by atoms with Gasteiger partial charge in [-0.25, -0.2) is 0 Å². The van der Waals surface area contributed by atoms with Crippen molar-refractivity contribution in [1.29, 1.82) is 0 Å². The molecule has 1 atom stereocenters. The maximum atomic E-state index is 5.81. The molecule has 1 aliphatic rings. The minimum atomic E-state index is 0.167. The van der Waals surface area contributed by atoms with Gasteiger partial charge in [0, 0.05) is 0 Å². The molecule has 1 saturated carbocycles. The van der Waals surface area contributed by atoms with Crippen molar-refractivity contribution in [1.82, 2.24) is 5.32 Å². The van der Waals surface area contributed by atoms with Gasteiger partial charge >= 0.3 is 0 Å². The number of benzene rings is 1. The summed E-state index contributed by atoms with van der Waals surface area (Å²) < 4.78 is 11.3. The molecule has 1 aliphatic carbocycles. The van der Waals surface area contributed by atoms with Crippen LogP contribution in [0.5, 0.6) is 11.5 Å². The maximum Gasteiger partial charge on any atom is 0.134 e. The van der Waals surface area contributed by atoms with Gasteiger partial charge in [-0.2, -0.15) is 0 Å². The molecule has 3 nitrogen and oxygen atoms in total. The molecule has 1 aromatic heterocycles. The van der Waals surface area contributed by atoms with E-state index in [-0.39, 0.29) is 6.04 Å². The van der Waals surface area contributed by atoms with E-state index in [9.17, 15) is 0 Å². The maximum absolute atomic E-state index is 5.81. The average molecular weight is 303 g/mol. The second kappa shape index (κ2) is 6.50. The second-order valence-electron chi connectivity index (χ2n) is 5.23. The van der Waals surface area contributed by atoms with Gasteiger partial charge in [-0.3, -0.25) is 0 Å². The molecule has 1 fully saturated rings. The first-order valence-electron chi connectivity index (χ1n) is 7.43. The van der Waals surface area contributed by atoms with Crippen LogP contribution in [0.4, 0.5) is 0 Å². The summed E-state index contributed by atoms with van der Waals surface area (Å²) in [5.41, 5.74) is 1.24. The molecular formula is C17H21NO2S. The molecule has 0 spiro atoms. The molecule has 0 aliphatic heterocycles. The van der Waals surface area contributed by atoms with Gasteiger partial charge < -0.3 is 14.8 Å². The Morgan fingerprint density at radius 3 is 2.62 bits per heavy atom. The molecule has 0 bridgehead atoms. The van der Waals surface area contributed by atoms with E-state index in [1.807, 2.05) is 6.07 Å². The molecule has 0 radical (unpaired) electrons. The predicted molar refractivity (Wildman–Crippen MR) is 86.5 cm³/mol. The van der Waals surface area contributed by atoms with Crippen molar-refractivity contribution in [2.75, 3.05) is 13.7 Å². The Labute approximate surface area is 129 Å². The summed E-state index contributed by atoms with van der Waals surface area (Å²) in [6.45, 7) is 3.03. The first kappa shape index (κ1) is 14.4. The van der Waals surface area contributed by atoms with Gasteiger partial charge in [0.05, 0.1) is 24.1 Å². The minimum absolute atomic E-state index is 0.167. The van der Waals surface area contributed by atoms with Crippen molar-refractivity contribution < 1.29 is 9.47 Å². The minimum Gasteiger partial charge on any atom is -0.496 e. The van der Waals surface area contributed by atoms with E-state index in [0.29, 0.717) is 6.10 Å². The molecule has 1 N–H and O–H groups in total. The lowest BCUT2D eigenvalue weighted by Crippen LogP contribution is -2.21. The number of hydrogen-bond acceptors (Lipinski definition) is 4. The Kier molecular flexibility index (Phi) is 4.46. The van der Waals surface area contributed by atoms with Crippen molar-refractivity contribution >= 4 is 11.3 Å². The predicted octanol–water partition coefficient (Wildman–Crippen LogP) is 4.00. The highest BCUT2D eigenvalue weighted by Crippen LogP contribution is 2.35. The first-order valence-corrected chi connectivity index (χ1v) is 8.31. The Balaban J connectivity index is 1.82. The van der Waals surface area contributed by atoms with Gasteiger partial charge in [0.1, 0.15) is 11.5 Å². The molecule has 0 amide bonds. The number of ether oxygens (including phenoxy) is 2. The topological polar surface area (TPSA) is 30.5 Å². The molecule has 1 unspecified atom stereocenters. The third-order valence-electron chi connectivity index (χ3n) is 3.59. The molecule has 4 heteroatoms. The van der Waals surface area contributed by atoms with Gasteiger partial charge in [-0.1, -0.05) is 19.1 Å². The highest BCUT2D eigenvalue weighted by Gasteiger charge is 2.24. The van der Waals surface area contributed by atoms with Crippen LogP contribution in [0.3, 0.4) is 0 Å². The highest BCUT2D eigenvalue weighted by atomic mass is 32.1. The van der Waals surface area contributed by atoms with E-state index in [1.165, 1.54) is 23.3 Å².